The number of benzene rings is 2. The summed E-state index contributed by atoms with van der Waals surface area (Å²) in [6.45, 7) is 1.70. The first-order valence-corrected chi connectivity index (χ1v) is 10.9. The van der Waals surface area contributed by atoms with Crippen molar-refractivity contribution in [2.24, 2.45) is 0 Å². The maximum Gasteiger partial charge on any atom is 0.293 e. The highest BCUT2D eigenvalue weighted by Gasteiger charge is 2.36. The molecule has 2 heterocycles. The molecule has 1 aliphatic heterocycles. The van der Waals surface area contributed by atoms with E-state index >= 15 is 0 Å². The number of imide groups is 1. The number of halogens is 2. The minimum Gasteiger partial charge on any atom is -0.456 e. The van der Waals surface area contributed by atoms with Crippen LogP contribution >= 0.6 is 35.0 Å². The highest BCUT2D eigenvalue weighted by molar-refractivity contribution is 8.18. The number of thioether (sulfide) groups is 1. The summed E-state index contributed by atoms with van der Waals surface area (Å²) in [5.74, 6) is 0.0661. The Morgan fingerprint density at radius 3 is 2.53 bits per heavy atom. The fourth-order valence-electron chi connectivity index (χ4n) is 3.18. The van der Waals surface area contributed by atoms with Crippen LogP contribution in [0.1, 0.15) is 16.9 Å². The van der Waals surface area contributed by atoms with Crippen molar-refractivity contribution in [3.8, 4) is 11.3 Å². The summed E-state index contributed by atoms with van der Waals surface area (Å²) in [5, 5.41) is 11.6. The van der Waals surface area contributed by atoms with Crippen molar-refractivity contribution < 1.29 is 18.9 Å². The van der Waals surface area contributed by atoms with E-state index in [1.165, 1.54) is 12.1 Å². The number of nitro benzene ring substituents is 1. The Kier molecular flexibility index (Phi) is 6.10. The average molecular weight is 489 g/mol. The van der Waals surface area contributed by atoms with Crippen molar-refractivity contribution in [3.05, 3.63) is 90.5 Å². The van der Waals surface area contributed by atoms with Gasteiger partial charge in [0, 0.05) is 27.8 Å². The van der Waals surface area contributed by atoms with E-state index in [1.807, 2.05) is 0 Å². The maximum atomic E-state index is 12.8. The molecule has 2 aromatic carbocycles. The number of carbonyl (C=O) groups is 2. The van der Waals surface area contributed by atoms with Gasteiger partial charge in [0.25, 0.3) is 16.8 Å². The van der Waals surface area contributed by atoms with Crippen LogP contribution in [-0.2, 0) is 11.3 Å². The van der Waals surface area contributed by atoms with Crippen LogP contribution in [0.2, 0.25) is 10.0 Å². The third-order valence-corrected chi connectivity index (χ3v) is 6.38. The van der Waals surface area contributed by atoms with Crippen LogP contribution in [0, 0.1) is 17.0 Å². The molecule has 1 saturated heterocycles. The van der Waals surface area contributed by atoms with Gasteiger partial charge < -0.3 is 4.42 Å². The van der Waals surface area contributed by atoms with Crippen LogP contribution in [0.3, 0.4) is 0 Å². The number of nitro groups is 1. The largest absolute Gasteiger partial charge is 0.456 e. The number of hydrogen-bond acceptors (Lipinski definition) is 6. The van der Waals surface area contributed by atoms with Crippen molar-refractivity contribution in [1.29, 1.82) is 0 Å². The number of nitrogens with zero attached hydrogens (tertiary/aromatic N) is 2. The number of hydrogen-bond donors (Lipinski definition) is 0. The maximum absolute atomic E-state index is 12.8. The van der Waals surface area contributed by atoms with E-state index in [2.05, 4.69) is 0 Å². The number of furan rings is 1. The fourth-order valence-corrected chi connectivity index (χ4v) is 4.52. The van der Waals surface area contributed by atoms with Gasteiger partial charge in [-0.05, 0) is 54.6 Å². The SMILES string of the molecule is Cc1ccc(-c2ccc(/C=C3/SC(=O)N(Cc4c(Cl)cccc4Cl)C3=O)o2)c([N+](=O)[O-])c1. The Balaban J connectivity index is 1.60. The number of amides is 2. The van der Waals surface area contributed by atoms with Gasteiger partial charge in [0.2, 0.25) is 0 Å². The number of rotatable bonds is 5. The predicted molar refractivity (Wildman–Crippen MR) is 124 cm³/mol. The predicted octanol–water partition coefficient (Wildman–Crippen LogP) is 6.71. The Morgan fingerprint density at radius 2 is 1.84 bits per heavy atom. The fraction of sp³-hybridized carbons (Fsp3) is 0.0909. The highest BCUT2D eigenvalue weighted by Crippen LogP contribution is 2.37. The molecule has 1 fully saturated rings. The molecule has 0 saturated carbocycles. The van der Waals surface area contributed by atoms with Crippen LogP contribution in [0.4, 0.5) is 10.5 Å². The molecule has 0 spiro atoms. The van der Waals surface area contributed by atoms with E-state index in [0.29, 0.717) is 21.2 Å². The summed E-state index contributed by atoms with van der Waals surface area (Å²) >= 11 is 13.1. The van der Waals surface area contributed by atoms with Crippen LogP contribution < -0.4 is 0 Å². The van der Waals surface area contributed by atoms with Gasteiger partial charge in [0.1, 0.15) is 11.5 Å². The first-order chi connectivity index (χ1) is 15.2. The summed E-state index contributed by atoms with van der Waals surface area (Å²) in [4.78, 5) is 37.4. The van der Waals surface area contributed by atoms with Crippen molar-refractivity contribution in [1.82, 2.24) is 4.90 Å². The molecule has 0 bridgehead atoms. The zero-order chi connectivity index (χ0) is 23.0. The zero-order valence-electron chi connectivity index (χ0n) is 16.5. The third kappa shape index (κ3) is 4.29. The molecular weight excluding hydrogens is 475 g/mol. The molecule has 32 heavy (non-hydrogen) atoms. The topological polar surface area (TPSA) is 93.7 Å². The number of carbonyl (C=O) groups excluding carboxylic acids is 2. The minimum absolute atomic E-state index is 0.0561. The van der Waals surface area contributed by atoms with Gasteiger partial charge in [-0.1, -0.05) is 35.3 Å². The van der Waals surface area contributed by atoms with E-state index in [-0.39, 0.29) is 28.7 Å². The minimum atomic E-state index is -0.504. The van der Waals surface area contributed by atoms with Crippen molar-refractivity contribution in [2.75, 3.05) is 0 Å². The number of aryl methyl sites for hydroxylation is 1. The summed E-state index contributed by atoms with van der Waals surface area (Å²) < 4.78 is 5.72. The first kappa shape index (κ1) is 22.1. The van der Waals surface area contributed by atoms with Gasteiger partial charge in [-0.3, -0.25) is 24.6 Å². The molecule has 0 aliphatic carbocycles. The monoisotopic (exact) mass is 488 g/mol. The van der Waals surface area contributed by atoms with E-state index in [4.69, 9.17) is 27.6 Å². The van der Waals surface area contributed by atoms with E-state index in [9.17, 15) is 19.7 Å². The summed E-state index contributed by atoms with van der Waals surface area (Å²) in [5.41, 5.74) is 1.47. The molecule has 0 atom stereocenters. The van der Waals surface area contributed by atoms with Crippen LogP contribution in [0.5, 0.6) is 0 Å². The smallest absolute Gasteiger partial charge is 0.293 e. The quantitative estimate of drug-likeness (QED) is 0.225. The van der Waals surface area contributed by atoms with Gasteiger partial charge in [-0.25, -0.2) is 0 Å². The van der Waals surface area contributed by atoms with E-state index < -0.39 is 16.1 Å². The lowest BCUT2D eigenvalue weighted by Crippen LogP contribution is -2.27. The Morgan fingerprint density at radius 1 is 1.12 bits per heavy atom. The second kappa shape index (κ2) is 8.82. The lowest BCUT2D eigenvalue weighted by Gasteiger charge is -2.14. The average Bonchev–Trinajstić information content (AvgIpc) is 3.30. The summed E-state index contributed by atoms with van der Waals surface area (Å²) in [6, 6.07) is 12.9. The van der Waals surface area contributed by atoms with Crippen LogP contribution in [0.25, 0.3) is 17.4 Å². The van der Waals surface area contributed by atoms with Crippen molar-refractivity contribution in [3.63, 3.8) is 0 Å². The van der Waals surface area contributed by atoms with Crippen LogP contribution in [0.15, 0.2) is 57.9 Å². The zero-order valence-corrected chi connectivity index (χ0v) is 18.8. The molecule has 1 aliphatic rings. The molecular formula is C22H14Cl2N2O5S. The third-order valence-electron chi connectivity index (χ3n) is 4.77. The molecule has 7 nitrogen and oxygen atoms in total. The molecule has 4 rings (SSSR count). The molecule has 0 N–H and O–H groups in total. The molecule has 0 unspecified atom stereocenters. The molecule has 10 heteroatoms. The van der Waals surface area contributed by atoms with Gasteiger partial charge in [-0.15, -0.1) is 0 Å². The summed E-state index contributed by atoms with van der Waals surface area (Å²) in [7, 11) is 0. The Hall–Kier alpha value is -3.07. The van der Waals surface area contributed by atoms with Crippen LogP contribution in [-0.4, -0.2) is 21.0 Å². The van der Waals surface area contributed by atoms with E-state index in [0.717, 1.165) is 22.2 Å². The Bertz CT molecular complexity index is 1280. The molecule has 3 aromatic rings. The Labute approximate surface area is 196 Å². The van der Waals surface area contributed by atoms with Crippen molar-refractivity contribution in [2.45, 2.75) is 13.5 Å². The van der Waals surface area contributed by atoms with Gasteiger partial charge in [-0.2, -0.15) is 0 Å². The van der Waals surface area contributed by atoms with Gasteiger partial charge in [0.05, 0.1) is 21.9 Å². The normalized spacial score (nSPS) is 15.1. The first-order valence-electron chi connectivity index (χ1n) is 9.28. The van der Waals surface area contributed by atoms with Crippen molar-refractivity contribution >= 4 is 57.9 Å². The molecule has 2 amide bonds. The molecule has 162 valence electrons. The lowest BCUT2D eigenvalue weighted by atomic mass is 10.1. The lowest BCUT2D eigenvalue weighted by molar-refractivity contribution is -0.384. The summed E-state index contributed by atoms with van der Waals surface area (Å²) in [6.07, 6.45) is 1.43. The standard InChI is InChI=1S/C22H14Cl2N2O5S/c1-12-5-7-14(18(9-12)26(29)30)19-8-6-13(31-19)10-20-21(27)25(22(28)32-20)11-15-16(23)3-2-4-17(15)24/h2-10H,11H2,1H3/b20-10+. The highest BCUT2D eigenvalue weighted by atomic mass is 35.5. The molecule has 1 aromatic heterocycles. The van der Waals surface area contributed by atoms with Gasteiger partial charge in [0.15, 0.2) is 0 Å². The van der Waals surface area contributed by atoms with E-state index in [1.54, 1.807) is 49.4 Å². The van der Waals surface area contributed by atoms with Gasteiger partial charge >= 0.3 is 0 Å². The second-order valence-electron chi connectivity index (χ2n) is 6.95. The second-order valence-corrected chi connectivity index (χ2v) is 8.76. The molecule has 0 radical (unpaired) electrons.